The molecule has 0 aliphatic rings. The zero-order valence-electron chi connectivity index (χ0n) is 6.29. The third-order valence-corrected chi connectivity index (χ3v) is 4.97. The van der Waals surface area contributed by atoms with Crippen molar-refractivity contribution >= 4 is 20.8 Å². The summed E-state index contributed by atoms with van der Waals surface area (Å²) >= 11 is 0.669. The van der Waals surface area contributed by atoms with Crippen LogP contribution in [0.1, 0.15) is 0 Å². The van der Waals surface area contributed by atoms with E-state index in [-0.39, 0.29) is 0 Å². The van der Waals surface area contributed by atoms with Crippen LogP contribution in [0.3, 0.4) is 0 Å². The third-order valence-electron chi connectivity index (χ3n) is 1.17. The summed E-state index contributed by atoms with van der Waals surface area (Å²) in [6.45, 7) is 0. The van der Waals surface area contributed by atoms with E-state index in [1.165, 1.54) is 21.3 Å². The van der Waals surface area contributed by atoms with E-state index in [1.807, 2.05) is 0 Å². The first kappa shape index (κ1) is 10.4. The molecule has 0 saturated carbocycles. The van der Waals surface area contributed by atoms with E-state index < -0.39 is 8.80 Å². The van der Waals surface area contributed by atoms with E-state index in [0.717, 1.165) is 0 Å². The van der Waals surface area contributed by atoms with Crippen LogP contribution in [-0.4, -0.2) is 40.1 Å². The Balaban J connectivity index is 3.87. The lowest BCUT2D eigenvalue weighted by Crippen LogP contribution is -2.46. The predicted molar refractivity (Wildman–Crippen MR) is 41.9 cm³/mol. The summed E-state index contributed by atoms with van der Waals surface area (Å²) in [5.41, 5.74) is 0. The quantitative estimate of drug-likeness (QED) is 0.501. The molecule has 0 rings (SSSR count). The van der Waals surface area contributed by atoms with Crippen LogP contribution in [0, 0.1) is 0 Å². The van der Waals surface area contributed by atoms with Gasteiger partial charge < -0.3 is 17.8 Å². The van der Waals surface area contributed by atoms with Gasteiger partial charge in [-0.15, -0.1) is 0 Å². The van der Waals surface area contributed by atoms with Crippen LogP contribution < -0.4 is 0 Å². The summed E-state index contributed by atoms with van der Waals surface area (Å²) in [5, 5.41) is 0.358. The van der Waals surface area contributed by atoms with Gasteiger partial charge in [-0.1, -0.05) is 0 Å². The molecule has 0 unspecified atom stereocenters. The lowest BCUT2D eigenvalue weighted by molar-refractivity contribution is 0.130. The summed E-state index contributed by atoms with van der Waals surface area (Å²) < 4.78 is 23.5. The summed E-state index contributed by atoms with van der Waals surface area (Å²) in [4.78, 5) is 0. The molecule has 0 saturated heterocycles. The third kappa shape index (κ3) is 2.57. The lowest BCUT2D eigenvalue weighted by atomic mass is 11.8. The molecule has 0 fully saturated rings. The van der Waals surface area contributed by atoms with Crippen LogP contribution in [0.2, 0.25) is 0 Å². The van der Waals surface area contributed by atoms with Gasteiger partial charge in [-0.2, -0.15) is 0 Å². The maximum Gasteiger partial charge on any atom is 0.512 e. The van der Waals surface area contributed by atoms with Crippen LogP contribution in [0.5, 0.6) is 0 Å². The molecule has 0 aliphatic heterocycles. The molecular weight excluding hydrogens is 172 g/mol. The van der Waals surface area contributed by atoms with Crippen LogP contribution in [0.15, 0.2) is 0 Å². The zero-order valence-corrected chi connectivity index (χ0v) is 8.10. The molecule has 0 aromatic rings. The van der Waals surface area contributed by atoms with Gasteiger partial charge in [-0.3, -0.25) is 0 Å². The fourth-order valence-electron chi connectivity index (χ4n) is 0.506. The van der Waals surface area contributed by atoms with Gasteiger partial charge in [0.15, 0.2) is 0 Å². The fourth-order valence-corrected chi connectivity index (χ4v) is 3.05. The van der Waals surface area contributed by atoms with E-state index in [1.54, 1.807) is 0 Å². The Morgan fingerprint density at radius 3 is 1.70 bits per heavy atom. The standard InChI is InChI=1S/C4H12O4SSi/c1-6-10(7-2,8-3)4-9-5/h5H,4H2,1-3H3. The first-order chi connectivity index (χ1) is 4.74. The van der Waals surface area contributed by atoms with Gasteiger partial charge in [0, 0.05) is 21.3 Å². The van der Waals surface area contributed by atoms with Crippen molar-refractivity contribution in [2.45, 2.75) is 0 Å². The molecule has 0 atom stereocenters. The maximum absolute atomic E-state index is 8.51. The minimum Gasteiger partial charge on any atom is -0.376 e. The Kier molecular flexibility index (Phi) is 5.32. The van der Waals surface area contributed by atoms with Gasteiger partial charge in [0.2, 0.25) is 0 Å². The van der Waals surface area contributed by atoms with Gasteiger partial charge in [0.25, 0.3) is 0 Å². The normalized spacial score (nSPS) is 12.0. The van der Waals surface area contributed by atoms with Crippen molar-refractivity contribution in [2.24, 2.45) is 0 Å². The van der Waals surface area contributed by atoms with Crippen molar-refractivity contribution < 1.29 is 17.8 Å². The molecule has 62 valence electrons. The summed E-state index contributed by atoms with van der Waals surface area (Å²) in [7, 11) is 2.02. The molecule has 4 nitrogen and oxygen atoms in total. The highest BCUT2D eigenvalue weighted by molar-refractivity contribution is 7.95. The van der Waals surface area contributed by atoms with Gasteiger partial charge in [0.05, 0.1) is 5.38 Å². The molecule has 10 heavy (non-hydrogen) atoms. The molecule has 0 amide bonds. The van der Waals surface area contributed by atoms with E-state index >= 15 is 0 Å². The Hall–Kier alpha value is 0.407. The van der Waals surface area contributed by atoms with E-state index in [2.05, 4.69) is 0 Å². The van der Waals surface area contributed by atoms with Crippen LogP contribution in [0.4, 0.5) is 0 Å². The van der Waals surface area contributed by atoms with Crippen molar-refractivity contribution in [3.63, 3.8) is 0 Å². The van der Waals surface area contributed by atoms with Gasteiger partial charge in [-0.05, 0) is 12.0 Å². The highest BCUT2D eigenvalue weighted by Gasteiger charge is 2.37. The molecule has 0 aromatic carbocycles. The molecule has 0 bridgehead atoms. The Morgan fingerprint density at radius 2 is 1.60 bits per heavy atom. The Bertz CT molecular complexity index is 79.1. The first-order valence-corrected chi connectivity index (χ1v) is 5.54. The van der Waals surface area contributed by atoms with Crippen molar-refractivity contribution in [3.05, 3.63) is 0 Å². The largest absolute Gasteiger partial charge is 0.512 e. The zero-order chi connectivity index (χ0) is 8.04. The van der Waals surface area contributed by atoms with Crippen LogP contribution in [-0.2, 0) is 13.3 Å². The summed E-state index contributed by atoms with van der Waals surface area (Å²) in [6.07, 6.45) is 0. The van der Waals surface area contributed by atoms with Crippen molar-refractivity contribution in [3.8, 4) is 0 Å². The van der Waals surface area contributed by atoms with Crippen LogP contribution >= 0.6 is 12.0 Å². The van der Waals surface area contributed by atoms with E-state index in [4.69, 9.17) is 17.8 Å². The topological polar surface area (TPSA) is 47.9 Å². The first-order valence-electron chi connectivity index (χ1n) is 2.66. The highest BCUT2D eigenvalue weighted by Crippen LogP contribution is 2.10. The molecule has 0 aromatic heterocycles. The Labute approximate surface area is 66.1 Å². The minimum atomic E-state index is -2.50. The van der Waals surface area contributed by atoms with Crippen molar-refractivity contribution in [2.75, 3.05) is 26.7 Å². The predicted octanol–water partition coefficient (Wildman–Crippen LogP) is 0.610. The molecule has 0 radical (unpaired) electrons. The average Bonchev–Trinajstić information content (AvgIpc) is 2.01. The fraction of sp³-hybridized carbons (Fsp3) is 1.00. The van der Waals surface area contributed by atoms with E-state index in [0.29, 0.717) is 17.4 Å². The number of hydrogen-bond donors (Lipinski definition) is 1. The molecule has 0 aliphatic carbocycles. The molecule has 0 spiro atoms. The average molecular weight is 184 g/mol. The SMILES string of the molecule is CO[Si](CSO)(OC)OC. The second-order valence-electron chi connectivity index (χ2n) is 1.57. The smallest absolute Gasteiger partial charge is 0.376 e. The monoisotopic (exact) mass is 184 g/mol. The van der Waals surface area contributed by atoms with Crippen molar-refractivity contribution in [1.29, 1.82) is 0 Å². The second-order valence-corrected chi connectivity index (χ2v) is 5.57. The Morgan fingerprint density at radius 1 is 1.20 bits per heavy atom. The number of hydrogen-bond acceptors (Lipinski definition) is 5. The van der Waals surface area contributed by atoms with Gasteiger partial charge >= 0.3 is 8.80 Å². The molecule has 1 N–H and O–H groups in total. The second kappa shape index (κ2) is 5.11. The van der Waals surface area contributed by atoms with Gasteiger partial charge in [-0.25, -0.2) is 0 Å². The molecule has 6 heteroatoms. The van der Waals surface area contributed by atoms with E-state index in [9.17, 15) is 0 Å². The molecular formula is C4H12O4SSi. The highest BCUT2D eigenvalue weighted by atomic mass is 32.2. The summed E-state index contributed by atoms with van der Waals surface area (Å²) in [5.74, 6) is 0. The number of rotatable bonds is 5. The van der Waals surface area contributed by atoms with Gasteiger partial charge in [0.1, 0.15) is 0 Å². The summed E-state index contributed by atoms with van der Waals surface area (Å²) in [6, 6.07) is 0. The van der Waals surface area contributed by atoms with Crippen molar-refractivity contribution in [1.82, 2.24) is 0 Å². The lowest BCUT2D eigenvalue weighted by Gasteiger charge is -2.22. The minimum absolute atomic E-state index is 0.358. The molecule has 0 heterocycles. The van der Waals surface area contributed by atoms with Crippen LogP contribution in [0.25, 0.3) is 0 Å². The maximum atomic E-state index is 8.51.